The largest absolute Gasteiger partial charge is 0.466 e. The number of benzene rings is 1. The summed E-state index contributed by atoms with van der Waals surface area (Å²) in [4.78, 5) is 19.1. The van der Waals surface area contributed by atoms with Gasteiger partial charge in [-0.05, 0) is 18.2 Å². The van der Waals surface area contributed by atoms with E-state index in [0.717, 1.165) is 15.4 Å². The Hall–Kier alpha value is -1.69. The second-order valence-electron chi connectivity index (χ2n) is 3.21. The highest BCUT2D eigenvalue weighted by molar-refractivity contribution is 9.10. The molecule has 88 valence electrons. The quantitative estimate of drug-likeness (QED) is 0.810. The maximum atomic E-state index is 11.0. The Balaban J connectivity index is 2.33. The van der Waals surface area contributed by atoms with Crippen LogP contribution in [0, 0.1) is 0 Å². The molecule has 1 aromatic heterocycles. The van der Waals surface area contributed by atoms with Gasteiger partial charge in [0.25, 0.3) is 0 Å². The minimum atomic E-state index is -0.452. The molecule has 1 aromatic carbocycles. The monoisotopic (exact) mass is 296 g/mol. The number of esters is 1. The zero-order valence-electron chi connectivity index (χ0n) is 9.01. The first-order valence-electron chi connectivity index (χ1n) is 4.80. The average molecular weight is 297 g/mol. The number of carbonyl (C=O) groups excluding carboxylic acids is 1. The highest BCUT2D eigenvalue weighted by atomic mass is 79.9. The van der Waals surface area contributed by atoms with Crippen LogP contribution in [0.5, 0.6) is 5.88 Å². The molecule has 1 heterocycles. The number of rotatable bonds is 3. The third-order valence-electron chi connectivity index (χ3n) is 2.12. The average Bonchev–Trinajstić information content (AvgIpc) is 2.35. The third kappa shape index (κ3) is 2.71. The van der Waals surface area contributed by atoms with Crippen molar-refractivity contribution in [3.8, 4) is 5.88 Å². The van der Waals surface area contributed by atoms with Gasteiger partial charge in [-0.2, -0.15) is 0 Å². The molecule has 0 aliphatic heterocycles. The van der Waals surface area contributed by atoms with E-state index in [0.29, 0.717) is 5.88 Å². The van der Waals surface area contributed by atoms with E-state index in [-0.39, 0.29) is 6.61 Å². The van der Waals surface area contributed by atoms with E-state index in [1.54, 1.807) is 0 Å². The lowest BCUT2D eigenvalue weighted by atomic mass is 10.2. The first-order valence-corrected chi connectivity index (χ1v) is 5.60. The highest BCUT2D eigenvalue weighted by Crippen LogP contribution is 2.24. The Morgan fingerprint density at radius 3 is 3.00 bits per heavy atom. The Morgan fingerprint density at radius 1 is 1.41 bits per heavy atom. The van der Waals surface area contributed by atoms with Crippen LogP contribution in [0.15, 0.2) is 29.0 Å². The van der Waals surface area contributed by atoms with E-state index < -0.39 is 5.97 Å². The fourth-order valence-corrected chi connectivity index (χ4v) is 1.67. The van der Waals surface area contributed by atoms with E-state index in [9.17, 15) is 4.79 Å². The highest BCUT2D eigenvalue weighted by Gasteiger charge is 2.08. The Morgan fingerprint density at radius 2 is 2.24 bits per heavy atom. The summed E-state index contributed by atoms with van der Waals surface area (Å²) in [5.41, 5.74) is 0.753. The Kier molecular flexibility index (Phi) is 3.53. The summed E-state index contributed by atoms with van der Waals surface area (Å²) in [6, 6.07) is 5.55. The van der Waals surface area contributed by atoms with Gasteiger partial charge >= 0.3 is 5.97 Å². The van der Waals surface area contributed by atoms with Crippen molar-refractivity contribution in [2.24, 2.45) is 0 Å². The molecule has 5 nitrogen and oxygen atoms in total. The number of methoxy groups -OCH3 is 1. The van der Waals surface area contributed by atoms with Crippen LogP contribution in [0.2, 0.25) is 0 Å². The molecule has 0 unspecified atom stereocenters. The van der Waals surface area contributed by atoms with Crippen LogP contribution < -0.4 is 4.74 Å². The van der Waals surface area contributed by atoms with Gasteiger partial charge in [-0.1, -0.05) is 15.9 Å². The fraction of sp³-hybridized carbons (Fsp3) is 0.182. The normalized spacial score (nSPS) is 10.2. The van der Waals surface area contributed by atoms with Gasteiger partial charge in [0, 0.05) is 4.47 Å². The molecule has 0 amide bonds. The van der Waals surface area contributed by atoms with Crippen molar-refractivity contribution in [1.29, 1.82) is 0 Å². The van der Waals surface area contributed by atoms with Crippen molar-refractivity contribution in [1.82, 2.24) is 9.97 Å². The van der Waals surface area contributed by atoms with Gasteiger partial charge in [-0.25, -0.2) is 14.8 Å². The number of aromatic nitrogens is 2. The van der Waals surface area contributed by atoms with Gasteiger partial charge < -0.3 is 9.47 Å². The summed E-state index contributed by atoms with van der Waals surface area (Å²) in [5, 5.41) is 0.741. The van der Waals surface area contributed by atoms with E-state index >= 15 is 0 Å². The Labute approximate surface area is 106 Å². The molecule has 0 spiro atoms. The summed E-state index contributed by atoms with van der Waals surface area (Å²) in [5.74, 6) is -0.0894. The predicted octanol–water partition coefficient (Wildman–Crippen LogP) is 1.94. The van der Waals surface area contributed by atoms with Gasteiger partial charge in [-0.3, -0.25) is 0 Å². The third-order valence-corrected chi connectivity index (χ3v) is 2.61. The number of ether oxygens (including phenoxy) is 2. The standard InChI is InChI=1S/C11H9BrN2O3/c1-16-10(15)5-17-11-8-4-7(12)2-3-9(8)13-6-14-11/h2-4,6H,5H2,1H3. The molecule has 6 heteroatoms. The Bertz CT molecular complexity index is 559. The first kappa shape index (κ1) is 11.8. The van der Waals surface area contributed by atoms with Crippen molar-refractivity contribution in [3.05, 3.63) is 29.0 Å². The van der Waals surface area contributed by atoms with Gasteiger partial charge in [0.05, 0.1) is 18.0 Å². The van der Waals surface area contributed by atoms with E-state index in [1.165, 1.54) is 13.4 Å². The fourth-order valence-electron chi connectivity index (χ4n) is 1.31. The van der Waals surface area contributed by atoms with Crippen molar-refractivity contribution in [2.75, 3.05) is 13.7 Å². The van der Waals surface area contributed by atoms with Crippen LogP contribution in [0.25, 0.3) is 10.9 Å². The molecule has 17 heavy (non-hydrogen) atoms. The molecule has 0 saturated carbocycles. The lowest BCUT2D eigenvalue weighted by Gasteiger charge is -2.06. The number of hydrogen-bond acceptors (Lipinski definition) is 5. The van der Waals surface area contributed by atoms with Crippen molar-refractivity contribution < 1.29 is 14.3 Å². The second kappa shape index (κ2) is 5.09. The first-order chi connectivity index (χ1) is 8.20. The summed E-state index contributed by atoms with van der Waals surface area (Å²) in [6.07, 6.45) is 1.39. The van der Waals surface area contributed by atoms with Crippen molar-refractivity contribution in [3.63, 3.8) is 0 Å². The van der Waals surface area contributed by atoms with Gasteiger partial charge in [0.2, 0.25) is 5.88 Å². The summed E-state index contributed by atoms with van der Waals surface area (Å²) < 4.78 is 10.7. The van der Waals surface area contributed by atoms with Crippen LogP contribution in [0.4, 0.5) is 0 Å². The maximum absolute atomic E-state index is 11.0. The van der Waals surface area contributed by atoms with Gasteiger partial charge in [0.1, 0.15) is 6.33 Å². The van der Waals surface area contributed by atoms with Crippen LogP contribution in [0.3, 0.4) is 0 Å². The molecule has 2 rings (SSSR count). The maximum Gasteiger partial charge on any atom is 0.343 e. The lowest BCUT2D eigenvalue weighted by Crippen LogP contribution is -2.13. The number of hydrogen-bond donors (Lipinski definition) is 0. The molecule has 0 N–H and O–H groups in total. The molecule has 0 bridgehead atoms. The van der Waals surface area contributed by atoms with Crippen LogP contribution >= 0.6 is 15.9 Å². The molecule has 2 aromatic rings. The van der Waals surface area contributed by atoms with E-state index in [1.807, 2.05) is 18.2 Å². The molecule has 0 aliphatic rings. The molecule has 0 atom stereocenters. The van der Waals surface area contributed by atoms with Crippen LogP contribution in [-0.2, 0) is 9.53 Å². The molecular formula is C11H9BrN2O3. The van der Waals surface area contributed by atoms with Gasteiger partial charge in [-0.15, -0.1) is 0 Å². The summed E-state index contributed by atoms with van der Waals surface area (Å²) >= 11 is 3.36. The molecule has 0 fully saturated rings. The molecule has 0 saturated heterocycles. The molecular weight excluding hydrogens is 288 g/mol. The van der Waals surface area contributed by atoms with E-state index in [2.05, 4.69) is 30.6 Å². The summed E-state index contributed by atoms with van der Waals surface area (Å²) in [6.45, 7) is -0.172. The van der Waals surface area contributed by atoms with Crippen molar-refractivity contribution >= 4 is 32.8 Å². The number of nitrogens with zero attached hydrogens (tertiary/aromatic N) is 2. The predicted molar refractivity (Wildman–Crippen MR) is 64.7 cm³/mol. The van der Waals surface area contributed by atoms with Crippen LogP contribution in [0.1, 0.15) is 0 Å². The zero-order chi connectivity index (χ0) is 12.3. The zero-order valence-corrected chi connectivity index (χ0v) is 10.6. The molecule has 0 aliphatic carbocycles. The number of carbonyl (C=O) groups is 1. The second-order valence-corrected chi connectivity index (χ2v) is 4.12. The summed E-state index contributed by atoms with van der Waals surface area (Å²) in [7, 11) is 1.31. The smallest absolute Gasteiger partial charge is 0.343 e. The lowest BCUT2D eigenvalue weighted by molar-refractivity contribution is -0.142. The minimum absolute atomic E-state index is 0.172. The van der Waals surface area contributed by atoms with Gasteiger partial charge in [0.15, 0.2) is 6.61 Å². The van der Waals surface area contributed by atoms with Crippen LogP contribution in [-0.4, -0.2) is 29.7 Å². The SMILES string of the molecule is COC(=O)COc1ncnc2ccc(Br)cc12. The van der Waals surface area contributed by atoms with Crippen molar-refractivity contribution in [2.45, 2.75) is 0 Å². The number of halogens is 1. The topological polar surface area (TPSA) is 61.3 Å². The number of fused-ring (bicyclic) bond motifs is 1. The molecule has 0 radical (unpaired) electrons. The van der Waals surface area contributed by atoms with E-state index in [4.69, 9.17) is 4.74 Å². The minimum Gasteiger partial charge on any atom is -0.466 e.